The van der Waals surface area contributed by atoms with Gasteiger partial charge in [-0.2, -0.15) is 6.42 Å². The number of unbranched alkanes of at least 4 members (excludes halogenated alkanes) is 5. The second-order valence-corrected chi connectivity index (χ2v) is 9.29. The minimum Gasteiger partial charge on any atom is -0.392 e. The molecule has 1 aromatic rings. The first kappa shape index (κ1) is 27.8. The van der Waals surface area contributed by atoms with Crippen LogP contribution in [0.15, 0.2) is 24.3 Å². The molecule has 0 aromatic heterocycles. The smallest absolute Gasteiger partial charge is 0.227 e. The SMILES string of the molecule is [CH2-]CCCCCC1CCCC(=O)N1c1ccc(C(C)(C)C(O)CCCCC)cc1.[Y]. The van der Waals surface area contributed by atoms with Crippen LogP contribution in [-0.4, -0.2) is 23.2 Å². The topological polar surface area (TPSA) is 40.5 Å². The molecule has 1 aliphatic rings. The van der Waals surface area contributed by atoms with E-state index in [-0.39, 0.29) is 50.1 Å². The van der Waals surface area contributed by atoms with Crippen molar-refractivity contribution in [2.75, 3.05) is 4.90 Å². The Labute approximate surface area is 210 Å². The zero-order valence-electron chi connectivity index (χ0n) is 19.5. The number of hydrogen-bond acceptors (Lipinski definition) is 2. The average molecular weight is 490 g/mol. The zero-order valence-corrected chi connectivity index (χ0v) is 22.4. The van der Waals surface area contributed by atoms with E-state index >= 15 is 0 Å². The van der Waals surface area contributed by atoms with Crippen molar-refractivity contribution < 1.29 is 42.6 Å². The van der Waals surface area contributed by atoms with Gasteiger partial charge >= 0.3 is 0 Å². The molecule has 0 spiro atoms. The molecule has 1 N–H and O–H groups in total. The number of nitrogens with zero attached hydrogens (tertiary/aromatic N) is 1. The second kappa shape index (κ2) is 14.0. The molecule has 1 radical (unpaired) electrons. The van der Waals surface area contributed by atoms with Gasteiger partial charge < -0.3 is 16.9 Å². The van der Waals surface area contributed by atoms with Crippen LogP contribution in [0.4, 0.5) is 5.69 Å². The number of benzene rings is 1. The standard InChI is InChI=1S/C26H42NO2.Y/c1-5-7-9-11-13-22-14-12-16-25(29)27(22)23-19-17-21(18-20-23)26(3,4)24(28)15-10-8-6-2;/h17-20,22,24,28H,1,5-16H2,2-4H3;/q-1;. The molecule has 1 aliphatic heterocycles. The molecule has 3 nitrogen and oxygen atoms in total. The summed E-state index contributed by atoms with van der Waals surface area (Å²) in [5.74, 6) is 0.255. The Balaban J connectivity index is 0.00000450. The first-order valence-corrected chi connectivity index (χ1v) is 11.8. The predicted octanol–water partition coefficient (Wildman–Crippen LogP) is 6.57. The summed E-state index contributed by atoms with van der Waals surface area (Å²) in [5, 5.41) is 10.7. The minimum absolute atomic E-state index is 0. The third-order valence-electron chi connectivity index (χ3n) is 6.65. The predicted molar refractivity (Wildman–Crippen MR) is 123 cm³/mol. The Morgan fingerprint density at radius 1 is 1.13 bits per heavy atom. The number of hydrogen-bond donors (Lipinski definition) is 1. The molecule has 30 heavy (non-hydrogen) atoms. The van der Waals surface area contributed by atoms with E-state index in [4.69, 9.17) is 0 Å². The van der Waals surface area contributed by atoms with Crippen molar-refractivity contribution in [2.45, 2.75) is 115 Å². The van der Waals surface area contributed by atoms with Gasteiger partial charge in [0.1, 0.15) is 0 Å². The molecule has 2 atom stereocenters. The Morgan fingerprint density at radius 2 is 1.83 bits per heavy atom. The van der Waals surface area contributed by atoms with Crippen molar-refractivity contribution >= 4 is 11.6 Å². The molecule has 2 unspecified atom stereocenters. The van der Waals surface area contributed by atoms with Gasteiger partial charge in [-0.1, -0.05) is 71.4 Å². The molecule has 0 bridgehead atoms. The maximum atomic E-state index is 12.7. The van der Waals surface area contributed by atoms with E-state index in [0.29, 0.717) is 12.5 Å². The van der Waals surface area contributed by atoms with E-state index in [0.717, 1.165) is 49.8 Å². The molecule has 0 saturated carbocycles. The van der Waals surface area contributed by atoms with Gasteiger partial charge in [-0.3, -0.25) is 4.79 Å². The van der Waals surface area contributed by atoms with Gasteiger partial charge in [0.2, 0.25) is 5.91 Å². The number of anilines is 1. The van der Waals surface area contributed by atoms with Crippen LogP contribution in [-0.2, 0) is 42.9 Å². The molecule has 1 amide bonds. The monoisotopic (exact) mass is 489 g/mol. The van der Waals surface area contributed by atoms with Gasteiger partial charge in [0.25, 0.3) is 0 Å². The van der Waals surface area contributed by atoms with Crippen molar-refractivity contribution in [3.63, 3.8) is 0 Å². The fourth-order valence-corrected chi connectivity index (χ4v) is 4.50. The van der Waals surface area contributed by atoms with Gasteiger partial charge in [0, 0.05) is 56.3 Å². The Bertz CT molecular complexity index is 614. The summed E-state index contributed by atoms with van der Waals surface area (Å²) in [5.41, 5.74) is 1.87. The molecular weight excluding hydrogens is 447 g/mol. The molecule has 2 rings (SSSR count). The quantitative estimate of drug-likeness (QED) is 0.266. The summed E-state index contributed by atoms with van der Waals surface area (Å²) >= 11 is 0. The number of aliphatic hydroxyl groups excluding tert-OH is 1. The van der Waals surface area contributed by atoms with Crippen LogP contribution >= 0.6 is 0 Å². The normalized spacial score (nSPS) is 18.2. The van der Waals surface area contributed by atoms with Crippen LogP contribution in [0.3, 0.4) is 0 Å². The van der Waals surface area contributed by atoms with Gasteiger partial charge in [-0.25, -0.2) is 0 Å². The summed E-state index contributed by atoms with van der Waals surface area (Å²) in [6.07, 6.45) is 12.3. The second-order valence-electron chi connectivity index (χ2n) is 9.29. The zero-order chi connectivity index (χ0) is 21.3. The number of rotatable bonds is 12. The first-order valence-electron chi connectivity index (χ1n) is 11.8. The largest absolute Gasteiger partial charge is 0.392 e. The molecular formula is C26H42NO2Y-. The van der Waals surface area contributed by atoms with Gasteiger partial charge in [0.15, 0.2) is 0 Å². The summed E-state index contributed by atoms with van der Waals surface area (Å²) in [6.45, 7) is 10.4. The number of carbonyl (C=O) groups excluding carboxylic acids is 1. The Kier molecular flexibility index (Phi) is 13.0. The molecule has 1 heterocycles. The number of aliphatic hydroxyl groups is 1. The Morgan fingerprint density at radius 3 is 2.47 bits per heavy atom. The van der Waals surface area contributed by atoms with E-state index in [1.165, 1.54) is 32.1 Å². The summed E-state index contributed by atoms with van der Waals surface area (Å²) in [6, 6.07) is 8.71. The van der Waals surface area contributed by atoms with Crippen molar-refractivity contribution in [2.24, 2.45) is 0 Å². The van der Waals surface area contributed by atoms with Crippen molar-refractivity contribution in [3.05, 3.63) is 36.8 Å². The van der Waals surface area contributed by atoms with Gasteiger partial charge in [0.05, 0.1) is 6.10 Å². The molecule has 1 fully saturated rings. The fourth-order valence-electron chi connectivity index (χ4n) is 4.50. The van der Waals surface area contributed by atoms with Crippen molar-refractivity contribution in [1.29, 1.82) is 0 Å². The first-order chi connectivity index (χ1) is 13.9. The van der Waals surface area contributed by atoms with Crippen LogP contribution in [0.25, 0.3) is 0 Å². The third kappa shape index (κ3) is 7.71. The third-order valence-corrected chi connectivity index (χ3v) is 6.65. The van der Waals surface area contributed by atoms with E-state index < -0.39 is 0 Å². The number of amides is 1. The van der Waals surface area contributed by atoms with Crippen LogP contribution in [0.2, 0.25) is 0 Å². The fraction of sp³-hybridized carbons (Fsp3) is 0.692. The molecule has 167 valence electrons. The van der Waals surface area contributed by atoms with Gasteiger partial charge in [-0.05, 0) is 43.4 Å². The Hall–Kier alpha value is -0.246. The summed E-state index contributed by atoms with van der Waals surface area (Å²) in [7, 11) is 0. The molecule has 1 saturated heterocycles. The molecule has 1 aromatic carbocycles. The van der Waals surface area contributed by atoms with Gasteiger partial charge in [-0.15, -0.1) is 0 Å². The van der Waals surface area contributed by atoms with E-state index in [2.05, 4.69) is 52.0 Å². The summed E-state index contributed by atoms with van der Waals surface area (Å²) < 4.78 is 0. The van der Waals surface area contributed by atoms with E-state index in [9.17, 15) is 9.90 Å². The minimum atomic E-state index is -0.350. The van der Waals surface area contributed by atoms with Crippen molar-refractivity contribution in [1.82, 2.24) is 0 Å². The number of carbonyl (C=O) groups is 1. The van der Waals surface area contributed by atoms with Crippen LogP contribution in [0.1, 0.15) is 103 Å². The van der Waals surface area contributed by atoms with E-state index in [1.807, 2.05) is 4.90 Å². The molecule has 4 heteroatoms. The van der Waals surface area contributed by atoms with Crippen LogP contribution < -0.4 is 4.90 Å². The van der Waals surface area contributed by atoms with E-state index in [1.54, 1.807) is 0 Å². The number of piperidine rings is 1. The van der Waals surface area contributed by atoms with Crippen LogP contribution in [0.5, 0.6) is 0 Å². The summed E-state index contributed by atoms with van der Waals surface area (Å²) in [4.78, 5) is 14.8. The average Bonchev–Trinajstić information content (AvgIpc) is 2.71. The molecule has 0 aliphatic carbocycles. The van der Waals surface area contributed by atoms with Crippen LogP contribution in [0, 0.1) is 6.92 Å². The maximum Gasteiger partial charge on any atom is 0.227 e. The maximum absolute atomic E-state index is 12.7. The van der Waals surface area contributed by atoms with Crippen molar-refractivity contribution in [3.8, 4) is 0 Å².